The minimum Gasteiger partial charge on any atom is -0.481 e. The van der Waals surface area contributed by atoms with Gasteiger partial charge in [-0.1, -0.05) is 0 Å². The van der Waals surface area contributed by atoms with Gasteiger partial charge in [0.1, 0.15) is 0 Å². The first-order valence-electron chi connectivity index (χ1n) is 8.23. The number of allylic oxidation sites excluding steroid dienone is 1. The molecule has 8 heteroatoms. The van der Waals surface area contributed by atoms with Crippen LogP contribution in [0.2, 0.25) is 0 Å². The van der Waals surface area contributed by atoms with Gasteiger partial charge in [-0.25, -0.2) is 9.59 Å². The lowest BCUT2D eigenvalue weighted by molar-refractivity contribution is -0.136. The van der Waals surface area contributed by atoms with E-state index in [0.29, 0.717) is 16.9 Å². The van der Waals surface area contributed by atoms with E-state index in [1.54, 1.807) is 30.5 Å². The van der Waals surface area contributed by atoms with Gasteiger partial charge in [0.15, 0.2) is 0 Å². The fourth-order valence-corrected chi connectivity index (χ4v) is 2.16. The highest BCUT2D eigenvalue weighted by Gasteiger charge is 2.04. The highest BCUT2D eigenvalue weighted by atomic mass is 16.4. The third kappa shape index (κ3) is 6.41. The van der Waals surface area contributed by atoms with Gasteiger partial charge < -0.3 is 20.6 Å². The van der Waals surface area contributed by atoms with Crippen molar-refractivity contribution in [2.45, 2.75) is 12.8 Å². The van der Waals surface area contributed by atoms with Crippen LogP contribution in [0, 0.1) is 0 Å². The SMILES string of the molecule is O=C(O)CC/C(C=Nc1ccc(C(=O)O)cc1)=C\Nc1ccc(C(=O)O)cc1. The third-order valence-corrected chi connectivity index (χ3v) is 3.68. The van der Waals surface area contributed by atoms with Crippen LogP contribution in [0.1, 0.15) is 33.6 Å². The predicted molar refractivity (Wildman–Crippen MR) is 104 cm³/mol. The first-order valence-corrected chi connectivity index (χ1v) is 8.23. The molecule has 0 saturated carbocycles. The van der Waals surface area contributed by atoms with Crippen molar-refractivity contribution in [3.8, 4) is 0 Å². The van der Waals surface area contributed by atoms with Gasteiger partial charge in [-0.15, -0.1) is 0 Å². The minimum absolute atomic E-state index is 0.0879. The van der Waals surface area contributed by atoms with Gasteiger partial charge in [-0.3, -0.25) is 9.79 Å². The molecule has 0 atom stereocenters. The number of carboxylic acids is 3. The molecule has 8 nitrogen and oxygen atoms in total. The number of aliphatic carboxylic acids is 1. The van der Waals surface area contributed by atoms with Crippen molar-refractivity contribution in [3.05, 3.63) is 71.4 Å². The number of nitrogens with one attached hydrogen (secondary N) is 1. The number of aliphatic imine (C=N–C) groups is 1. The number of aromatic carboxylic acids is 2. The van der Waals surface area contributed by atoms with Gasteiger partial charge in [0.2, 0.25) is 0 Å². The molecule has 0 aromatic heterocycles. The van der Waals surface area contributed by atoms with Crippen LogP contribution in [0.3, 0.4) is 0 Å². The van der Waals surface area contributed by atoms with Gasteiger partial charge in [-0.2, -0.15) is 0 Å². The van der Waals surface area contributed by atoms with E-state index in [1.807, 2.05) is 0 Å². The van der Waals surface area contributed by atoms with Gasteiger partial charge >= 0.3 is 17.9 Å². The van der Waals surface area contributed by atoms with E-state index in [2.05, 4.69) is 10.3 Å². The van der Waals surface area contributed by atoms with Crippen LogP contribution >= 0.6 is 0 Å². The zero-order valence-electron chi connectivity index (χ0n) is 14.7. The molecule has 0 radical (unpaired) electrons. The Bertz CT molecular complexity index is 915. The minimum atomic E-state index is -1.03. The van der Waals surface area contributed by atoms with Crippen molar-refractivity contribution in [2.24, 2.45) is 4.99 Å². The summed E-state index contributed by atoms with van der Waals surface area (Å²) in [5.41, 5.74) is 2.07. The molecule has 0 bridgehead atoms. The maximum atomic E-state index is 10.9. The van der Waals surface area contributed by atoms with E-state index >= 15 is 0 Å². The molecule has 2 rings (SSSR count). The number of rotatable bonds is 9. The van der Waals surface area contributed by atoms with Crippen LogP contribution in [0.5, 0.6) is 0 Å². The van der Waals surface area contributed by atoms with E-state index in [-0.39, 0.29) is 24.0 Å². The summed E-state index contributed by atoms with van der Waals surface area (Å²) in [5, 5.41) is 29.7. The molecule has 0 spiro atoms. The first kappa shape index (κ1) is 20.4. The number of benzene rings is 2. The summed E-state index contributed by atoms with van der Waals surface area (Å²) in [6, 6.07) is 12.0. The number of carbonyl (C=O) groups is 3. The monoisotopic (exact) mass is 382 g/mol. The summed E-state index contributed by atoms with van der Waals surface area (Å²) >= 11 is 0. The maximum absolute atomic E-state index is 10.9. The molecule has 28 heavy (non-hydrogen) atoms. The van der Waals surface area contributed by atoms with Crippen LogP contribution in [0.25, 0.3) is 0 Å². The van der Waals surface area contributed by atoms with E-state index < -0.39 is 17.9 Å². The van der Waals surface area contributed by atoms with Crippen LogP contribution < -0.4 is 5.32 Å². The molecule has 0 fully saturated rings. The maximum Gasteiger partial charge on any atom is 0.335 e. The Morgan fingerprint density at radius 3 is 1.86 bits per heavy atom. The number of hydrogen-bond acceptors (Lipinski definition) is 5. The Balaban J connectivity index is 2.13. The first-order chi connectivity index (χ1) is 13.3. The summed E-state index contributed by atoms with van der Waals surface area (Å²) in [5.74, 6) is -3.00. The van der Waals surface area contributed by atoms with Crippen molar-refractivity contribution in [1.82, 2.24) is 0 Å². The Morgan fingerprint density at radius 1 is 0.821 bits per heavy atom. The number of carboxylic acid groups (broad SMARTS) is 3. The highest BCUT2D eigenvalue weighted by molar-refractivity contribution is 5.89. The lowest BCUT2D eigenvalue weighted by Crippen LogP contribution is -2.00. The molecule has 0 amide bonds. The molecule has 2 aromatic carbocycles. The van der Waals surface area contributed by atoms with Gasteiger partial charge in [0.05, 0.1) is 16.8 Å². The number of hydrogen-bond donors (Lipinski definition) is 4. The largest absolute Gasteiger partial charge is 0.481 e. The van der Waals surface area contributed by atoms with E-state index in [0.717, 1.165) is 0 Å². The van der Waals surface area contributed by atoms with E-state index in [1.165, 1.54) is 30.5 Å². The third-order valence-electron chi connectivity index (χ3n) is 3.68. The molecule has 0 saturated heterocycles. The number of anilines is 1. The van der Waals surface area contributed by atoms with E-state index in [9.17, 15) is 14.4 Å². The standard InChI is InChI=1S/C20H18N2O6/c23-18(24)10-1-13(11-21-16-6-2-14(3-7-16)19(25)26)12-22-17-8-4-15(5-9-17)20(27)28/h2-9,11-12,21H,1,10H2,(H,23,24)(H,25,26)(H,27,28)/b13-11+,22-12?. The summed E-state index contributed by atoms with van der Waals surface area (Å²) < 4.78 is 0. The fourth-order valence-electron chi connectivity index (χ4n) is 2.16. The molecular formula is C20H18N2O6. The van der Waals surface area contributed by atoms with Gasteiger partial charge in [0.25, 0.3) is 0 Å². The predicted octanol–water partition coefficient (Wildman–Crippen LogP) is 3.65. The highest BCUT2D eigenvalue weighted by Crippen LogP contribution is 2.15. The topological polar surface area (TPSA) is 136 Å². The van der Waals surface area contributed by atoms with Crippen LogP contribution in [-0.4, -0.2) is 39.4 Å². The van der Waals surface area contributed by atoms with Crippen molar-refractivity contribution in [3.63, 3.8) is 0 Å². The lowest BCUT2D eigenvalue weighted by atomic mass is 10.1. The summed E-state index contributed by atoms with van der Waals surface area (Å²) in [7, 11) is 0. The molecule has 0 unspecified atom stereocenters. The summed E-state index contributed by atoms with van der Waals surface area (Å²) in [4.78, 5) is 36.8. The lowest BCUT2D eigenvalue weighted by Gasteiger charge is -2.05. The molecular weight excluding hydrogens is 364 g/mol. The molecule has 2 aromatic rings. The average Bonchev–Trinajstić information content (AvgIpc) is 2.67. The summed E-state index contributed by atoms with van der Waals surface area (Å²) in [6.45, 7) is 0. The van der Waals surface area contributed by atoms with Gasteiger partial charge in [-0.05, 0) is 60.5 Å². The van der Waals surface area contributed by atoms with Crippen molar-refractivity contribution in [2.75, 3.05) is 5.32 Å². The molecule has 0 aliphatic heterocycles. The zero-order chi connectivity index (χ0) is 20.5. The quantitative estimate of drug-likeness (QED) is 0.486. The Labute approximate surface area is 160 Å². The Kier molecular flexibility index (Phi) is 7.04. The summed E-state index contributed by atoms with van der Waals surface area (Å²) in [6.07, 6.45) is 3.23. The zero-order valence-corrected chi connectivity index (χ0v) is 14.7. The Morgan fingerprint density at radius 2 is 1.36 bits per heavy atom. The smallest absolute Gasteiger partial charge is 0.335 e. The number of nitrogens with zero attached hydrogens (tertiary/aromatic N) is 1. The second-order valence-electron chi connectivity index (χ2n) is 5.75. The molecule has 0 aliphatic rings. The average molecular weight is 382 g/mol. The van der Waals surface area contributed by atoms with Crippen LogP contribution in [0.4, 0.5) is 11.4 Å². The Hall–Kier alpha value is -3.94. The second kappa shape index (κ2) is 9.67. The van der Waals surface area contributed by atoms with Crippen molar-refractivity contribution in [1.29, 1.82) is 0 Å². The van der Waals surface area contributed by atoms with Crippen LogP contribution in [0.15, 0.2) is 65.3 Å². The van der Waals surface area contributed by atoms with E-state index in [4.69, 9.17) is 15.3 Å². The fraction of sp³-hybridized carbons (Fsp3) is 0.100. The molecule has 4 N–H and O–H groups in total. The normalized spacial score (nSPS) is 11.4. The van der Waals surface area contributed by atoms with Crippen molar-refractivity contribution >= 4 is 35.5 Å². The van der Waals surface area contributed by atoms with Crippen LogP contribution in [-0.2, 0) is 4.79 Å². The van der Waals surface area contributed by atoms with Crippen molar-refractivity contribution < 1.29 is 29.7 Å². The van der Waals surface area contributed by atoms with Gasteiger partial charge in [0, 0.05) is 24.5 Å². The second-order valence-corrected chi connectivity index (χ2v) is 5.75. The molecule has 0 aliphatic carbocycles. The molecule has 0 heterocycles. The molecule has 144 valence electrons.